The number of morpholine rings is 1. The molecule has 1 amide bonds. The van der Waals surface area contributed by atoms with E-state index in [2.05, 4.69) is 4.98 Å². The Balaban J connectivity index is 1.76. The number of hydrogen-bond acceptors (Lipinski definition) is 4. The molecule has 112 valence electrons. The molecule has 1 saturated heterocycles. The third kappa shape index (κ3) is 2.82. The van der Waals surface area contributed by atoms with Crippen molar-refractivity contribution in [3.05, 3.63) is 23.2 Å². The van der Waals surface area contributed by atoms with Gasteiger partial charge in [0.2, 0.25) is 11.9 Å². The van der Waals surface area contributed by atoms with Crippen molar-refractivity contribution in [2.24, 2.45) is 0 Å². The molecule has 2 heterocycles. The molecule has 1 aromatic carbocycles. The number of imidazole rings is 1. The molecule has 2 N–H and O–H groups in total. The first-order valence-corrected chi connectivity index (χ1v) is 7.30. The molecule has 0 radical (unpaired) electrons. The summed E-state index contributed by atoms with van der Waals surface area (Å²) in [6, 6.07) is 5.49. The minimum Gasteiger partial charge on any atom is -0.378 e. The van der Waals surface area contributed by atoms with E-state index in [-0.39, 0.29) is 5.91 Å². The van der Waals surface area contributed by atoms with Gasteiger partial charge in [0, 0.05) is 26.1 Å². The number of hydrogen-bond donors (Lipinski definition) is 1. The van der Waals surface area contributed by atoms with Crippen LogP contribution >= 0.6 is 11.6 Å². The summed E-state index contributed by atoms with van der Waals surface area (Å²) >= 11 is 6.21. The molecular weight excluding hydrogens is 292 g/mol. The molecule has 7 heteroatoms. The van der Waals surface area contributed by atoms with Gasteiger partial charge in [-0.1, -0.05) is 17.7 Å². The Kier molecular flexibility index (Phi) is 3.98. The molecule has 0 atom stereocenters. The minimum atomic E-state index is 0.103. The van der Waals surface area contributed by atoms with Crippen molar-refractivity contribution in [1.82, 2.24) is 14.5 Å². The molecule has 21 heavy (non-hydrogen) atoms. The number of aryl methyl sites for hydroxylation is 1. The molecule has 1 aromatic heterocycles. The summed E-state index contributed by atoms with van der Waals surface area (Å²) < 4.78 is 7.05. The first kappa shape index (κ1) is 14.2. The number of nitrogens with two attached hydrogens (primary N) is 1. The normalized spacial score (nSPS) is 15.6. The Morgan fingerprint density at radius 3 is 2.90 bits per heavy atom. The number of nitrogens with zero attached hydrogens (tertiary/aromatic N) is 3. The standard InChI is InChI=1S/C14H17ClN4O2/c15-10-2-1-3-11-13(10)19(14(16)17-11)5-4-12(20)18-6-8-21-9-7-18/h1-3H,4-9H2,(H2,16,17). The number of rotatable bonds is 3. The average Bonchev–Trinajstić information content (AvgIpc) is 2.82. The molecular formula is C14H17ClN4O2. The Labute approximate surface area is 127 Å². The van der Waals surface area contributed by atoms with E-state index in [4.69, 9.17) is 22.1 Å². The highest BCUT2D eigenvalue weighted by Crippen LogP contribution is 2.25. The summed E-state index contributed by atoms with van der Waals surface area (Å²) in [5, 5.41) is 0.593. The van der Waals surface area contributed by atoms with Gasteiger partial charge in [0.05, 0.1) is 29.3 Å². The lowest BCUT2D eigenvalue weighted by Crippen LogP contribution is -2.41. The predicted octanol–water partition coefficient (Wildman–Crippen LogP) is 1.52. The summed E-state index contributed by atoms with van der Waals surface area (Å²) in [7, 11) is 0. The van der Waals surface area contributed by atoms with E-state index >= 15 is 0 Å². The van der Waals surface area contributed by atoms with Gasteiger partial charge in [-0.05, 0) is 12.1 Å². The van der Waals surface area contributed by atoms with E-state index in [1.165, 1.54) is 0 Å². The van der Waals surface area contributed by atoms with E-state index in [0.717, 1.165) is 11.0 Å². The zero-order chi connectivity index (χ0) is 14.8. The number of halogens is 1. The molecule has 0 saturated carbocycles. The molecule has 3 rings (SSSR count). The van der Waals surface area contributed by atoms with Gasteiger partial charge in [-0.3, -0.25) is 4.79 Å². The Morgan fingerprint density at radius 2 is 2.14 bits per heavy atom. The summed E-state index contributed by atoms with van der Waals surface area (Å²) in [5.41, 5.74) is 7.47. The van der Waals surface area contributed by atoms with Gasteiger partial charge in [-0.25, -0.2) is 4.98 Å². The molecule has 0 bridgehead atoms. The van der Waals surface area contributed by atoms with Crippen molar-refractivity contribution in [1.29, 1.82) is 0 Å². The Hall–Kier alpha value is -1.79. The van der Waals surface area contributed by atoms with E-state index in [0.29, 0.717) is 50.2 Å². The number of anilines is 1. The van der Waals surface area contributed by atoms with Gasteiger partial charge in [0.1, 0.15) is 0 Å². The smallest absolute Gasteiger partial charge is 0.224 e. The molecule has 6 nitrogen and oxygen atoms in total. The van der Waals surface area contributed by atoms with E-state index in [1.54, 1.807) is 10.6 Å². The zero-order valence-corrected chi connectivity index (χ0v) is 12.3. The van der Waals surface area contributed by atoms with Crippen LogP contribution in [0.1, 0.15) is 6.42 Å². The van der Waals surface area contributed by atoms with Crippen molar-refractivity contribution >= 4 is 34.5 Å². The fourth-order valence-electron chi connectivity index (χ4n) is 2.56. The van der Waals surface area contributed by atoms with Gasteiger partial charge >= 0.3 is 0 Å². The van der Waals surface area contributed by atoms with Crippen molar-refractivity contribution in [3.63, 3.8) is 0 Å². The lowest BCUT2D eigenvalue weighted by molar-refractivity contribution is -0.135. The zero-order valence-electron chi connectivity index (χ0n) is 11.6. The molecule has 2 aromatic rings. The van der Waals surface area contributed by atoms with Gasteiger partial charge < -0.3 is 19.9 Å². The van der Waals surface area contributed by atoms with E-state index in [9.17, 15) is 4.79 Å². The van der Waals surface area contributed by atoms with Crippen molar-refractivity contribution in [3.8, 4) is 0 Å². The van der Waals surface area contributed by atoms with Gasteiger partial charge in [0.25, 0.3) is 0 Å². The second kappa shape index (κ2) is 5.91. The summed E-state index contributed by atoms with van der Waals surface area (Å²) in [6.45, 7) is 2.99. The summed E-state index contributed by atoms with van der Waals surface area (Å²) in [4.78, 5) is 18.3. The third-order valence-corrected chi connectivity index (χ3v) is 3.97. The number of carbonyl (C=O) groups excluding carboxylic acids is 1. The molecule has 0 spiro atoms. The van der Waals surface area contributed by atoms with Crippen molar-refractivity contribution in [2.75, 3.05) is 32.0 Å². The number of carbonyl (C=O) groups is 1. The van der Waals surface area contributed by atoms with Crippen LogP contribution < -0.4 is 5.73 Å². The van der Waals surface area contributed by atoms with Crippen molar-refractivity contribution < 1.29 is 9.53 Å². The third-order valence-electron chi connectivity index (χ3n) is 3.66. The fourth-order valence-corrected chi connectivity index (χ4v) is 2.84. The topological polar surface area (TPSA) is 73.4 Å². The van der Waals surface area contributed by atoms with Crippen LogP contribution in [-0.4, -0.2) is 46.7 Å². The first-order chi connectivity index (χ1) is 10.2. The number of benzene rings is 1. The Bertz CT molecular complexity index is 664. The predicted molar refractivity (Wildman–Crippen MR) is 81.2 cm³/mol. The van der Waals surface area contributed by atoms with Crippen LogP contribution in [0.2, 0.25) is 5.02 Å². The molecule has 1 aliphatic heterocycles. The maximum absolute atomic E-state index is 12.2. The highest BCUT2D eigenvalue weighted by molar-refractivity contribution is 6.35. The summed E-state index contributed by atoms with van der Waals surface area (Å²) in [6.07, 6.45) is 0.376. The van der Waals surface area contributed by atoms with Crippen LogP contribution in [0.5, 0.6) is 0 Å². The SMILES string of the molecule is Nc1nc2cccc(Cl)c2n1CCC(=O)N1CCOCC1. The largest absolute Gasteiger partial charge is 0.378 e. The van der Waals surface area contributed by atoms with Gasteiger partial charge in [0.15, 0.2) is 0 Å². The highest BCUT2D eigenvalue weighted by Gasteiger charge is 2.18. The number of amides is 1. The lowest BCUT2D eigenvalue weighted by atomic mass is 10.3. The lowest BCUT2D eigenvalue weighted by Gasteiger charge is -2.27. The second-order valence-corrected chi connectivity index (χ2v) is 5.38. The fraction of sp³-hybridized carbons (Fsp3) is 0.429. The number of nitrogen functional groups attached to an aromatic ring is 1. The van der Waals surface area contributed by atoms with Crippen LogP contribution in [0, 0.1) is 0 Å². The maximum Gasteiger partial charge on any atom is 0.224 e. The van der Waals surface area contributed by atoms with Crippen LogP contribution in [0.3, 0.4) is 0 Å². The summed E-state index contributed by atoms with van der Waals surface area (Å²) in [5.74, 6) is 0.486. The van der Waals surface area contributed by atoms with Crippen LogP contribution in [-0.2, 0) is 16.1 Å². The Morgan fingerprint density at radius 1 is 1.38 bits per heavy atom. The second-order valence-electron chi connectivity index (χ2n) is 4.97. The average molecular weight is 309 g/mol. The molecule has 1 aliphatic rings. The van der Waals surface area contributed by atoms with Crippen LogP contribution in [0.15, 0.2) is 18.2 Å². The highest BCUT2D eigenvalue weighted by atomic mass is 35.5. The van der Waals surface area contributed by atoms with Crippen LogP contribution in [0.25, 0.3) is 11.0 Å². The minimum absolute atomic E-state index is 0.103. The first-order valence-electron chi connectivity index (χ1n) is 6.92. The molecule has 1 fully saturated rings. The number of aromatic nitrogens is 2. The molecule has 0 unspecified atom stereocenters. The van der Waals surface area contributed by atoms with Gasteiger partial charge in [-0.2, -0.15) is 0 Å². The van der Waals surface area contributed by atoms with Gasteiger partial charge in [-0.15, -0.1) is 0 Å². The van der Waals surface area contributed by atoms with Crippen molar-refractivity contribution in [2.45, 2.75) is 13.0 Å². The maximum atomic E-state index is 12.2. The quantitative estimate of drug-likeness (QED) is 0.933. The molecule has 0 aliphatic carbocycles. The van der Waals surface area contributed by atoms with Crippen LogP contribution in [0.4, 0.5) is 5.95 Å². The van der Waals surface area contributed by atoms with E-state index < -0.39 is 0 Å². The van der Waals surface area contributed by atoms with E-state index in [1.807, 2.05) is 17.0 Å². The number of para-hydroxylation sites is 1. The number of ether oxygens (including phenoxy) is 1. The number of fused-ring (bicyclic) bond motifs is 1. The monoisotopic (exact) mass is 308 g/mol.